The van der Waals surface area contributed by atoms with Gasteiger partial charge >= 0.3 is 0 Å². The predicted octanol–water partition coefficient (Wildman–Crippen LogP) is 1.57. The molecular formula is C16H15N3O4. The minimum atomic E-state index is -0.740. The summed E-state index contributed by atoms with van der Waals surface area (Å²) in [5.74, 6) is -0.549. The molecule has 0 fully saturated rings. The van der Waals surface area contributed by atoms with Gasteiger partial charge in [0.25, 0.3) is 11.6 Å². The average Bonchev–Trinajstić information content (AvgIpc) is 2.83. The van der Waals surface area contributed by atoms with E-state index in [1.165, 1.54) is 18.2 Å². The Hall–Kier alpha value is -2.93. The van der Waals surface area contributed by atoms with Gasteiger partial charge in [-0.25, -0.2) is 0 Å². The van der Waals surface area contributed by atoms with Crippen molar-refractivity contribution in [3.63, 3.8) is 0 Å². The first-order valence-corrected chi connectivity index (χ1v) is 7.08. The Morgan fingerprint density at radius 3 is 2.74 bits per heavy atom. The lowest BCUT2D eigenvalue weighted by Crippen LogP contribution is -2.34. The van der Waals surface area contributed by atoms with Crippen LogP contribution in [0.3, 0.4) is 0 Å². The molecule has 4 N–H and O–H groups in total. The van der Waals surface area contributed by atoms with E-state index < -0.39 is 23.0 Å². The number of rotatable bonds is 3. The Balaban J connectivity index is 1.89. The number of nitrogens with two attached hydrogens (primary N) is 1. The van der Waals surface area contributed by atoms with E-state index in [0.29, 0.717) is 6.42 Å². The summed E-state index contributed by atoms with van der Waals surface area (Å²) in [6, 6.07) is 10.9. The van der Waals surface area contributed by atoms with E-state index in [9.17, 15) is 20.0 Å². The van der Waals surface area contributed by atoms with Crippen molar-refractivity contribution >= 4 is 17.3 Å². The van der Waals surface area contributed by atoms with Crippen LogP contribution in [0.1, 0.15) is 27.5 Å². The SMILES string of the molecule is Nc1c(C(=O)NC2c3ccccc3CC2O)cccc1[N+](=O)[O-]. The second-order valence-corrected chi connectivity index (χ2v) is 5.42. The lowest BCUT2D eigenvalue weighted by molar-refractivity contribution is -0.383. The number of anilines is 1. The quantitative estimate of drug-likeness (QED) is 0.451. The van der Waals surface area contributed by atoms with Crippen molar-refractivity contribution in [3.05, 3.63) is 69.3 Å². The number of aliphatic hydroxyl groups excluding tert-OH is 1. The molecule has 2 aromatic rings. The zero-order valence-corrected chi connectivity index (χ0v) is 12.1. The van der Waals surface area contributed by atoms with E-state index in [2.05, 4.69) is 5.32 Å². The number of para-hydroxylation sites is 1. The number of aliphatic hydroxyl groups is 1. The smallest absolute Gasteiger partial charge is 0.292 e. The average molecular weight is 313 g/mol. The number of amides is 1. The topological polar surface area (TPSA) is 118 Å². The molecule has 7 nitrogen and oxygen atoms in total. The number of fused-ring (bicyclic) bond motifs is 1. The number of hydrogen-bond donors (Lipinski definition) is 3. The number of nitrogen functional groups attached to an aromatic ring is 1. The Morgan fingerprint density at radius 2 is 2.00 bits per heavy atom. The summed E-state index contributed by atoms with van der Waals surface area (Å²) in [5, 5.41) is 23.8. The number of nitro benzene ring substituents is 1. The number of nitrogens with zero attached hydrogens (tertiary/aromatic N) is 1. The number of carbonyl (C=O) groups is 1. The molecule has 0 saturated carbocycles. The van der Waals surface area contributed by atoms with Crippen LogP contribution in [0.2, 0.25) is 0 Å². The largest absolute Gasteiger partial charge is 0.393 e. The van der Waals surface area contributed by atoms with Crippen LogP contribution in [0.5, 0.6) is 0 Å². The van der Waals surface area contributed by atoms with Gasteiger partial charge in [0.1, 0.15) is 5.69 Å². The zero-order valence-electron chi connectivity index (χ0n) is 12.1. The molecule has 0 saturated heterocycles. The molecular weight excluding hydrogens is 298 g/mol. The van der Waals surface area contributed by atoms with Crippen molar-refractivity contribution in [3.8, 4) is 0 Å². The molecule has 0 heterocycles. The minimum Gasteiger partial charge on any atom is -0.393 e. The highest BCUT2D eigenvalue weighted by atomic mass is 16.6. The molecule has 2 atom stereocenters. The molecule has 1 amide bonds. The third kappa shape index (κ3) is 2.62. The third-order valence-electron chi connectivity index (χ3n) is 4.02. The lowest BCUT2D eigenvalue weighted by atomic mass is 10.1. The normalized spacial score (nSPS) is 19.2. The van der Waals surface area contributed by atoms with Gasteiger partial charge in [-0.1, -0.05) is 30.3 Å². The van der Waals surface area contributed by atoms with Gasteiger partial charge in [0.05, 0.1) is 22.6 Å². The number of nitrogens with one attached hydrogen (secondary N) is 1. The van der Waals surface area contributed by atoms with E-state index >= 15 is 0 Å². The number of carbonyl (C=O) groups excluding carboxylic acids is 1. The molecule has 0 aliphatic heterocycles. The van der Waals surface area contributed by atoms with Gasteiger partial charge in [0.2, 0.25) is 0 Å². The molecule has 0 spiro atoms. The summed E-state index contributed by atoms with van der Waals surface area (Å²) in [4.78, 5) is 22.7. The highest BCUT2D eigenvalue weighted by Crippen LogP contribution is 2.32. The monoisotopic (exact) mass is 313 g/mol. The molecule has 3 rings (SSSR count). The first kappa shape index (κ1) is 15.0. The third-order valence-corrected chi connectivity index (χ3v) is 4.02. The van der Waals surface area contributed by atoms with Crippen molar-refractivity contribution in [2.75, 3.05) is 5.73 Å². The van der Waals surface area contributed by atoms with Crippen molar-refractivity contribution in [1.29, 1.82) is 0 Å². The van der Waals surface area contributed by atoms with Crippen LogP contribution in [0, 0.1) is 10.1 Å². The maximum Gasteiger partial charge on any atom is 0.292 e. The summed E-state index contributed by atoms with van der Waals surface area (Å²) in [5.41, 5.74) is 7.06. The highest BCUT2D eigenvalue weighted by Gasteiger charge is 2.32. The van der Waals surface area contributed by atoms with Crippen LogP contribution >= 0.6 is 0 Å². The molecule has 1 aliphatic carbocycles. The molecule has 7 heteroatoms. The second-order valence-electron chi connectivity index (χ2n) is 5.42. The van der Waals surface area contributed by atoms with Crippen LogP contribution in [-0.4, -0.2) is 22.0 Å². The van der Waals surface area contributed by atoms with Gasteiger partial charge in [-0.2, -0.15) is 0 Å². The Bertz CT molecular complexity index is 791. The predicted molar refractivity (Wildman–Crippen MR) is 83.9 cm³/mol. The maximum absolute atomic E-state index is 12.4. The van der Waals surface area contributed by atoms with E-state index in [-0.39, 0.29) is 16.9 Å². The Labute approximate surface area is 131 Å². The van der Waals surface area contributed by atoms with Crippen LogP contribution in [-0.2, 0) is 6.42 Å². The molecule has 1 aliphatic rings. The number of nitro groups is 1. The number of hydrogen-bond acceptors (Lipinski definition) is 5. The molecule has 2 aromatic carbocycles. The molecule has 23 heavy (non-hydrogen) atoms. The molecule has 0 radical (unpaired) electrons. The van der Waals surface area contributed by atoms with E-state index in [4.69, 9.17) is 5.73 Å². The van der Waals surface area contributed by atoms with E-state index in [1.54, 1.807) is 0 Å². The second kappa shape index (κ2) is 5.69. The van der Waals surface area contributed by atoms with Crippen LogP contribution in [0.4, 0.5) is 11.4 Å². The van der Waals surface area contributed by atoms with Gasteiger partial charge < -0.3 is 16.2 Å². The fourth-order valence-electron chi connectivity index (χ4n) is 2.88. The van der Waals surface area contributed by atoms with Crippen LogP contribution < -0.4 is 11.1 Å². The van der Waals surface area contributed by atoms with Crippen molar-refractivity contribution in [2.24, 2.45) is 0 Å². The first-order chi connectivity index (χ1) is 11.0. The lowest BCUT2D eigenvalue weighted by Gasteiger charge is -2.18. The van der Waals surface area contributed by atoms with Crippen LogP contribution in [0.15, 0.2) is 42.5 Å². The van der Waals surface area contributed by atoms with Gasteiger partial charge in [-0.05, 0) is 17.2 Å². The summed E-state index contributed by atoms with van der Waals surface area (Å²) < 4.78 is 0. The summed E-state index contributed by atoms with van der Waals surface area (Å²) in [6.07, 6.45) is -0.290. The van der Waals surface area contributed by atoms with Crippen molar-refractivity contribution in [1.82, 2.24) is 5.32 Å². The van der Waals surface area contributed by atoms with Gasteiger partial charge in [0, 0.05) is 12.5 Å². The zero-order chi connectivity index (χ0) is 16.6. The van der Waals surface area contributed by atoms with E-state index in [0.717, 1.165) is 11.1 Å². The van der Waals surface area contributed by atoms with E-state index in [1.807, 2.05) is 24.3 Å². The van der Waals surface area contributed by atoms with Gasteiger partial charge in [-0.15, -0.1) is 0 Å². The molecule has 2 unspecified atom stereocenters. The number of benzene rings is 2. The van der Waals surface area contributed by atoms with Crippen molar-refractivity contribution in [2.45, 2.75) is 18.6 Å². The molecule has 0 aromatic heterocycles. The summed E-state index contributed by atoms with van der Waals surface area (Å²) in [6.45, 7) is 0. The Kier molecular flexibility index (Phi) is 3.71. The first-order valence-electron chi connectivity index (χ1n) is 7.08. The van der Waals surface area contributed by atoms with Crippen molar-refractivity contribution < 1.29 is 14.8 Å². The fraction of sp³-hybridized carbons (Fsp3) is 0.188. The summed E-state index contributed by atoms with van der Waals surface area (Å²) in [7, 11) is 0. The van der Waals surface area contributed by atoms with Gasteiger partial charge in [0.15, 0.2) is 0 Å². The standard InChI is InChI=1S/C16H15N3O4/c17-14-11(6-3-7-12(14)19(22)23)16(21)18-15-10-5-2-1-4-9(10)8-13(15)20/h1-7,13,15,20H,8,17H2,(H,18,21). The Morgan fingerprint density at radius 1 is 1.26 bits per heavy atom. The fourth-order valence-corrected chi connectivity index (χ4v) is 2.88. The maximum atomic E-state index is 12.4. The molecule has 118 valence electrons. The van der Waals surface area contributed by atoms with Gasteiger partial charge in [-0.3, -0.25) is 14.9 Å². The molecule has 0 bridgehead atoms. The van der Waals surface area contributed by atoms with Crippen LogP contribution in [0.25, 0.3) is 0 Å². The highest BCUT2D eigenvalue weighted by molar-refractivity contribution is 6.01. The summed E-state index contributed by atoms with van der Waals surface area (Å²) >= 11 is 0. The minimum absolute atomic E-state index is 0.0239.